The van der Waals surface area contributed by atoms with Crippen LogP contribution in [0.2, 0.25) is 0 Å². The van der Waals surface area contributed by atoms with E-state index in [-0.39, 0.29) is 5.54 Å². The summed E-state index contributed by atoms with van der Waals surface area (Å²) < 4.78 is 5.88. The summed E-state index contributed by atoms with van der Waals surface area (Å²) in [5, 5.41) is 0. The van der Waals surface area contributed by atoms with Gasteiger partial charge in [-0.2, -0.15) is 0 Å². The van der Waals surface area contributed by atoms with Crippen molar-refractivity contribution in [3.05, 3.63) is 0 Å². The predicted molar refractivity (Wildman–Crippen MR) is 87.4 cm³/mol. The van der Waals surface area contributed by atoms with Gasteiger partial charge in [-0.3, -0.25) is 4.90 Å². The number of likely N-dealkylation sites (N-methyl/N-ethyl adjacent to an activating group) is 1. The van der Waals surface area contributed by atoms with Gasteiger partial charge in [0.2, 0.25) is 0 Å². The number of hydrogen-bond acceptors (Lipinski definition) is 3. The lowest BCUT2D eigenvalue weighted by atomic mass is 9.65. The second-order valence-electron chi connectivity index (χ2n) is 7.81. The van der Waals surface area contributed by atoms with E-state index in [0.29, 0.717) is 11.5 Å². The van der Waals surface area contributed by atoms with Crippen LogP contribution >= 0.6 is 0 Å². The van der Waals surface area contributed by atoms with Gasteiger partial charge < -0.3 is 10.5 Å². The molecule has 1 heterocycles. The van der Waals surface area contributed by atoms with Crippen LogP contribution in [0.4, 0.5) is 0 Å². The van der Waals surface area contributed by atoms with Gasteiger partial charge in [0, 0.05) is 25.2 Å². The summed E-state index contributed by atoms with van der Waals surface area (Å²) >= 11 is 0. The van der Waals surface area contributed by atoms with E-state index >= 15 is 0 Å². The van der Waals surface area contributed by atoms with E-state index in [1.54, 1.807) is 0 Å². The molecule has 3 rings (SSSR count). The molecular formula is C18H34N2O. The first-order chi connectivity index (χ1) is 10.2. The van der Waals surface area contributed by atoms with Crippen molar-refractivity contribution in [2.75, 3.05) is 26.2 Å². The van der Waals surface area contributed by atoms with Crippen molar-refractivity contribution >= 4 is 0 Å². The van der Waals surface area contributed by atoms with Gasteiger partial charge in [-0.1, -0.05) is 19.8 Å². The highest BCUT2D eigenvalue weighted by Crippen LogP contribution is 2.52. The molecule has 3 heteroatoms. The van der Waals surface area contributed by atoms with E-state index in [1.807, 2.05) is 0 Å². The fourth-order valence-electron chi connectivity index (χ4n) is 5.21. The van der Waals surface area contributed by atoms with Crippen LogP contribution in [0.3, 0.4) is 0 Å². The van der Waals surface area contributed by atoms with Gasteiger partial charge in [0.1, 0.15) is 0 Å². The van der Waals surface area contributed by atoms with E-state index in [1.165, 1.54) is 64.2 Å². The van der Waals surface area contributed by atoms with Crippen LogP contribution in [-0.2, 0) is 4.74 Å². The summed E-state index contributed by atoms with van der Waals surface area (Å²) in [7, 11) is 0. The number of nitrogens with zero attached hydrogens (tertiary/aromatic N) is 1. The Hall–Kier alpha value is -0.120. The van der Waals surface area contributed by atoms with Gasteiger partial charge in [-0.25, -0.2) is 0 Å². The van der Waals surface area contributed by atoms with Crippen molar-refractivity contribution in [2.24, 2.45) is 11.1 Å². The van der Waals surface area contributed by atoms with E-state index in [2.05, 4.69) is 11.8 Å². The zero-order chi connectivity index (χ0) is 14.8. The van der Waals surface area contributed by atoms with Gasteiger partial charge in [0.25, 0.3) is 0 Å². The third-order valence-corrected chi connectivity index (χ3v) is 6.79. The number of rotatable bonds is 5. The van der Waals surface area contributed by atoms with Gasteiger partial charge in [-0.15, -0.1) is 0 Å². The lowest BCUT2D eigenvalue weighted by molar-refractivity contribution is -0.0160. The molecule has 3 fully saturated rings. The third-order valence-electron chi connectivity index (χ3n) is 6.79. The average Bonchev–Trinajstić information content (AvgIpc) is 3.19. The number of nitrogens with two attached hydrogens (primary N) is 1. The van der Waals surface area contributed by atoms with E-state index in [4.69, 9.17) is 10.5 Å². The Morgan fingerprint density at radius 2 is 1.76 bits per heavy atom. The molecule has 122 valence electrons. The van der Waals surface area contributed by atoms with Crippen LogP contribution in [0, 0.1) is 5.41 Å². The summed E-state index contributed by atoms with van der Waals surface area (Å²) in [4.78, 5) is 2.67. The molecule has 1 unspecified atom stereocenters. The molecule has 0 amide bonds. The van der Waals surface area contributed by atoms with Crippen molar-refractivity contribution in [1.82, 2.24) is 4.90 Å². The van der Waals surface area contributed by atoms with Crippen molar-refractivity contribution in [1.29, 1.82) is 0 Å². The molecule has 3 aliphatic rings. The SMILES string of the molecule is CCN(CC1CCCO1)C1(CN)CCC2(CCCC2)CC1. The minimum Gasteiger partial charge on any atom is -0.377 e. The lowest BCUT2D eigenvalue weighted by Gasteiger charge is -2.51. The van der Waals surface area contributed by atoms with Gasteiger partial charge in [-0.05, 0) is 63.3 Å². The Labute approximate surface area is 130 Å². The molecule has 2 aliphatic carbocycles. The van der Waals surface area contributed by atoms with Crippen LogP contribution in [0.15, 0.2) is 0 Å². The van der Waals surface area contributed by atoms with E-state index < -0.39 is 0 Å². The maximum atomic E-state index is 6.29. The second-order valence-corrected chi connectivity index (χ2v) is 7.81. The molecule has 1 saturated heterocycles. The molecule has 0 aromatic heterocycles. The zero-order valence-corrected chi connectivity index (χ0v) is 13.9. The molecule has 3 nitrogen and oxygen atoms in total. The topological polar surface area (TPSA) is 38.5 Å². The van der Waals surface area contributed by atoms with Crippen molar-refractivity contribution in [3.8, 4) is 0 Å². The fourth-order valence-corrected chi connectivity index (χ4v) is 5.21. The first-order valence-corrected chi connectivity index (χ1v) is 9.29. The van der Waals surface area contributed by atoms with Crippen molar-refractivity contribution in [3.63, 3.8) is 0 Å². The van der Waals surface area contributed by atoms with Gasteiger partial charge >= 0.3 is 0 Å². The number of hydrogen-bond donors (Lipinski definition) is 1. The summed E-state index contributed by atoms with van der Waals surface area (Å²) in [5.41, 5.74) is 7.25. The summed E-state index contributed by atoms with van der Waals surface area (Å²) in [5.74, 6) is 0. The molecule has 1 aliphatic heterocycles. The lowest BCUT2D eigenvalue weighted by Crippen LogP contribution is -2.58. The summed E-state index contributed by atoms with van der Waals surface area (Å²) in [6.45, 7) is 6.29. The zero-order valence-electron chi connectivity index (χ0n) is 13.9. The van der Waals surface area contributed by atoms with Crippen LogP contribution in [0.25, 0.3) is 0 Å². The Bertz CT molecular complexity index is 322. The minimum absolute atomic E-state index is 0.258. The van der Waals surface area contributed by atoms with Crippen molar-refractivity contribution < 1.29 is 4.74 Å². The first kappa shape index (κ1) is 15.8. The summed E-state index contributed by atoms with van der Waals surface area (Å²) in [6, 6.07) is 0. The molecule has 0 bridgehead atoms. The third kappa shape index (κ3) is 3.16. The molecule has 21 heavy (non-hydrogen) atoms. The molecule has 1 atom stereocenters. The standard InChI is InChI=1S/C18H34N2O/c1-2-20(14-16-6-5-13-21-16)18(15-19)11-9-17(10-12-18)7-3-4-8-17/h16H,2-15,19H2,1H3. The Balaban J connectivity index is 1.64. The largest absolute Gasteiger partial charge is 0.377 e. The number of ether oxygens (including phenoxy) is 1. The maximum Gasteiger partial charge on any atom is 0.0703 e. The molecule has 0 aromatic carbocycles. The van der Waals surface area contributed by atoms with Gasteiger partial charge in [0.15, 0.2) is 0 Å². The van der Waals surface area contributed by atoms with Crippen LogP contribution in [0.1, 0.15) is 71.1 Å². The minimum atomic E-state index is 0.258. The summed E-state index contributed by atoms with van der Waals surface area (Å²) in [6.07, 6.45) is 14.2. The molecule has 0 radical (unpaired) electrons. The Morgan fingerprint density at radius 3 is 2.29 bits per heavy atom. The van der Waals surface area contributed by atoms with Gasteiger partial charge in [0.05, 0.1) is 6.10 Å². The smallest absolute Gasteiger partial charge is 0.0703 e. The van der Waals surface area contributed by atoms with E-state index in [9.17, 15) is 0 Å². The predicted octanol–water partition coefficient (Wildman–Crippen LogP) is 3.32. The Kier molecular flexibility index (Phi) is 4.92. The van der Waals surface area contributed by atoms with Crippen LogP contribution in [-0.4, -0.2) is 42.8 Å². The van der Waals surface area contributed by atoms with Crippen LogP contribution in [0.5, 0.6) is 0 Å². The molecule has 2 N–H and O–H groups in total. The maximum absolute atomic E-state index is 6.29. The quantitative estimate of drug-likeness (QED) is 0.845. The highest BCUT2D eigenvalue weighted by molar-refractivity contribution is 5.01. The first-order valence-electron chi connectivity index (χ1n) is 9.29. The molecular weight excluding hydrogens is 260 g/mol. The van der Waals surface area contributed by atoms with Crippen molar-refractivity contribution in [2.45, 2.75) is 82.8 Å². The molecule has 2 saturated carbocycles. The van der Waals surface area contributed by atoms with Crippen LogP contribution < -0.4 is 5.73 Å². The highest BCUT2D eigenvalue weighted by atomic mass is 16.5. The monoisotopic (exact) mass is 294 g/mol. The molecule has 0 aromatic rings. The fraction of sp³-hybridized carbons (Fsp3) is 1.00. The molecule has 1 spiro atoms. The van der Waals surface area contributed by atoms with E-state index in [0.717, 1.165) is 26.2 Å². The normalized spacial score (nSPS) is 31.3. The highest BCUT2D eigenvalue weighted by Gasteiger charge is 2.46. The average molecular weight is 294 g/mol. The Morgan fingerprint density at radius 1 is 1.05 bits per heavy atom. The second kappa shape index (κ2) is 6.55.